The summed E-state index contributed by atoms with van der Waals surface area (Å²) in [7, 11) is 0. The number of aliphatic hydroxyl groups is 1. The van der Waals surface area contributed by atoms with Crippen LogP contribution in [0.5, 0.6) is 0 Å². The van der Waals surface area contributed by atoms with Crippen molar-refractivity contribution in [1.82, 2.24) is 19.5 Å². The van der Waals surface area contributed by atoms with Crippen molar-refractivity contribution in [1.29, 1.82) is 0 Å². The summed E-state index contributed by atoms with van der Waals surface area (Å²) < 4.78 is 19.4. The standard InChI is InChI=1S/C13H17N5O4/c1-13(2)21-8-6(3-19)20-12(9(8)22-13)18-5-17-7-10(14)15-4-16-11(7)18/h4-6,8-9,12,19H,3H2,1-2H3,(H2,14,15,16)/t6?,8?,9?,12-/m1/s1. The first kappa shape index (κ1) is 13.8. The summed E-state index contributed by atoms with van der Waals surface area (Å²) >= 11 is 0. The van der Waals surface area contributed by atoms with Crippen LogP contribution in [0, 0.1) is 0 Å². The number of aliphatic hydroxyl groups excluding tert-OH is 1. The molecule has 0 aromatic carbocycles. The molecule has 3 unspecified atom stereocenters. The van der Waals surface area contributed by atoms with E-state index in [-0.39, 0.29) is 18.8 Å². The van der Waals surface area contributed by atoms with Crippen molar-refractivity contribution >= 4 is 17.0 Å². The monoisotopic (exact) mass is 307 g/mol. The van der Waals surface area contributed by atoms with E-state index in [1.165, 1.54) is 6.33 Å². The molecule has 9 nitrogen and oxygen atoms in total. The summed E-state index contributed by atoms with van der Waals surface area (Å²) in [6.07, 6.45) is 1.30. The van der Waals surface area contributed by atoms with E-state index >= 15 is 0 Å². The number of nitrogens with two attached hydrogens (primary N) is 1. The Morgan fingerprint density at radius 2 is 2.05 bits per heavy atom. The molecule has 2 aromatic heterocycles. The largest absolute Gasteiger partial charge is 0.394 e. The number of hydrogen-bond acceptors (Lipinski definition) is 8. The Balaban J connectivity index is 1.77. The zero-order valence-corrected chi connectivity index (χ0v) is 12.2. The molecular weight excluding hydrogens is 290 g/mol. The Morgan fingerprint density at radius 1 is 1.27 bits per heavy atom. The van der Waals surface area contributed by atoms with Gasteiger partial charge in [-0.05, 0) is 13.8 Å². The van der Waals surface area contributed by atoms with Gasteiger partial charge in [0, 0.05) is 0 Å². The van der Waals surface area contributed by atoms with Gasteiger partial charge < -0.3 is 25.1 Å². The molecule has 4 heterocycles. The van der Waals surface area contributed by atoms with Crippen molar-refractivity contribution in [3.63, 3.8) is 0 Å². The molecule has 0 amide bonds. The van der Waals surface area contributed by atoms with E-state index < -0.39 is 18.1 Å². The van der Waals surface area contributed by atoms with Crippen LogP contribution in [0.15, 0.2) is 12.7 Å². The zero-order chi connectivity index (χ0) is 15.5. The van der Waals surface area contributed by atoms with E-state index in [0.717, 1.165) is 0 Å². The molecule has 0 saturated carbocycles. The Morgan fingerprint density at radius 3 is 2.82 bits per heavy atom. The molecule has 2 saturated heterocycles. The maximum Gasteiger partial charge on any atom is 0.167 e. The third kappa shape index (κ3) is 1.90. The van der Waals surface area contributed by atoms with Gasteiger partial charge in [-0.3, -0.25) is 4.57 Å². The summed E-state index contributed by atoms with van der Waals surface area (Å²) in [6, 6.07) is 0. The first-order chi connectivity index (χ1) is 10.5. The Kier molecular flexibility index (Phi) is 2.89. The van der Waals surface area contributed by atoms with E-state index in [4.69, 9.17) is 19.9 Å². The molecule has 2 aromatic rings. The summed E-state index contributed by atoms with van der Waals surface area (Å²) in [4.78, 5) is 12.4. The predicted octanol–water partition coefficient (Wildman–Crippen LogP) is -0.182. The fourth-order valence-electron chi connectivity index (χ4n) is 3.09. The van der Waals surface area contributed by atoms with Crippen molar-refractivity contribution in [2.24, 2.45) is 0 Å². The lowest BCUT2D eigenvalue weighted by molar-refractivity contribution is -0.199. The first-order valence-electron chi connectivity index (χ1n) is 7.05. The van der Waals surface area contributed by atoms with Gasteiger partial charge in [-0.25, -0.2) is 15.0 Å². The highest BCUT2D eigenvalue weighted by molar-refractivity contribution is 5.81. The molecule has 4 rings (SSSR count). The SMILES string of the molecule is CC1(C)OC2C(CO)O[C@@H](n3cnc4c(N)ncnc43)C2O1. The molecule has 0 bridgehead atoms. The zero-order valence-electron chi connectivity index (χ0n) is 12.2. The molecule has 2 aliphatic heterocycles. The lowest BCUT2D eigenvalue weighted by Crippen LogP contribution is -2.31. The van der Waals surface area contributed by atoms with Gasteiger partial charge >= 0.3 is 0 Å². The van der Waals surface area contributed by atoms with Crippen molar-refractivity contribution < 1.29 is 19.3 Å². The highest BCUT2D eigenvalue weighted by Crippen LogP contribution is 2.43. The van der Waals surface area contributed by atoms with E-state index in [2.05, 4.69) is 15.0 Å². The van der Waals surface area contributed by atoms with Gasteiger partial charge in [-0.15, -0.1) is 0 Å². The van der Waals surface area contributed by atoms with Gasteiger partial charge in [-0.2, -0.15) is 0 Å². The number of aromatic nitrogens is 4. The maximum absolute atomic E-state index is 9.52. The summed E-state index contributed by atoms with van der Waals surface area (Å²) in [5.41, 5.74) is 6.87. The second-order valence-electron chi connectivity index (χ2n) is 5.90. The lowest BCUT2D eigenvalue weighted by Gasteiger charge is -2.24. The van der Waals surface area contributed by atoms with E-state index in [0.29, 0.717) is 17.0 Å². The van der Waals surface area contributed by atoms with E-state index in [1.807, 2.05) is 13.8 Å². The second-order valence-corrected chi connectivity index (χ2v) is 5.90. The lowest BCUT2D eigenvalue weighted by atomic mass is 10.1. The van der Waals surface area contributed by atoms with Crippen LogP contribution in [-0.4, -0.2) is 55.3 Å². The molecule has 2 aliphatic rings. The number of nitrogen functional groups attached to an aromatic ring is 1. The van der Waals surface area contributed by atoms with Crippen LogP contribution in [0.1, 0.15) is 20.1 Å². The molecule has 3 N–H and O–H groups in total. The second kappa shape index (κ2) is 4.59. The van der Waals surface area contributed by atoms with Crippen LogP contribution in [0.25, 0.3) is 11.2 Å². The molecule has 9 heteroatoms. The first-order valence-corrected chi connectivity index (χ1v) is 7.05. The average Bonchev–Trinajstić information content (AvgIpc) is 3.10. The minimum absolute atomic E-state index is 0.152. The number of fused-ring (bicyclic) bond motifs is 2. The predicted molar refractivity (Wildman–Crippen MR) is 74.6 cm³/mol. The molecule has 4 atom stereocenters. The van der Waals surface area contributed by atoms with Gasteiger partial charge in [0.15, 0.2) is 23.5 Å². The highest BCUT2D eigenvalue weighted by Gasteiger charge is 2.55. The van der Waals surface area contributed by atoms with Gasteiger partial charge in [-0.1, -0.05) is 0 Å². The molecule has 22 heavy (non-hydrogen) atoms. The third-order valence-electron chi connectivity index (χ3n) is 3.97. The molecular formula is C13H17N5O4. The topological polar surface area (TPSA) is 118 Å². The average molecular weight is 307 g/mol. The number of imidazole rings is 1. The summed E-state index contributed by atoms with van der Waals surface area (Å²) in [5, 5.41) is 9.52. The van der Waals surface area contributed by atoms with Crippen LogP contribution in [0.2, 0.25) is 0 Å². The minimum Gasteiger partial charge on any atom is -0.394 e. The van der Waals surface area contributed by atoms with Crippen molar-refractivity contribution in [2.45, 2.75) is 44.2 Å². The molecule has 2 fully saturated rings. The fourth-order valence-corrected chi connectivity index (χ4v) is 3.09. The van der Waals surface area contributed by atoms with Crippen molar-refractivity contribution in [3.05, 3.63) is 12.7 Å². The van der Waals surface area contributed by atoms with Gasteiger partial charge in [0.2, 0.25) is 0 Å². The van der Waals surface area contributed by atoms with E-state index in [9.17, 15) is 5.11 Å². The highest BCUT2D eigenvalue weighted by atomic mass is 16.8. The maximum atomic E-state index is 9.52. The van der Waals surface area contributed by atoms with Crippen LogP contribution in [0.3, 0.4) is 0 Å². The minimum atomic E-state index is -0.727. The Bertz CT molecular complexity index is 718. The van der Waals surface area contributed by atoms with Crippen molar-refractivity contribution in [3.8, 4) is 0 Å². The molecule has 118 valence electrons. The summed E-state index contributed by atoms with van der Waals surface area (Å²) in [5.74, 6) is -0.421. The van der Waals surface area contributed by atoms with Crippen LogP contribution in [0.4, 0.5) is 5.82 Å². The number of ether oxygens (including phenoxy) is 3. The number of nitrogens with zero attached hydrogens (tertiary/aromatic N) is 4. The van der Waals surface area contributed by atoms with Crippen LogP contribution < -0.4 is 5.73 Å². The third-order valence-corrected chi connectivity index (χ3v) is 3.97. The number of anilines is 1. The molecule has 0 aliphatic carbocycles. The fraction of sp³-hybridized carbons (Fsp3) is 0.615. The van der Waals surface area contributed by atoms with Gasteiger partial charge in [0.05, 0.1) is 12.9 Å². The number of rotatable bonds is 2. The number of hydrogen-bond donors (Lipinski definition) is 2. The van der Waals surface area contributed by atoms with Crippen molar-refractivity contribution in [2.75, 3.05) is 12.3 Å². The Hall–Kier alpha value is -1.81. The van der Waals surface area contributed by atoms with Gasteiger partial charge in [0.25, 0.3) is 0 Å². The van der Waals surface area contributed by atoms with E-state index in [1.54, 1.807) is 10.9 Å². The normalized spacial score (nSPS) is 33.4. The summed E-state index contributed by atoms with van der Waals surface area (Å²) in [6.45, 7) is 3.52. The molecule has 0 spiro atoms. The van der Waals surface area contributed by atoms with Crippen LogP contribution >= 0.6 is 0 Å². The van der Waals surface area contributed by atoms with Gasteiger partial charge in [0.1, 0.15) is 30.2 Å². The van der Waals surface area contributed by atoms with Crippen LogP contribution in [-0.2, 0) is 14.2 Å². The quantitative estimate of drug-likeness (QED) is 0.784. The Labute approximate surface area is 126 Å². The molecule has 0 radical (unpaired) electrons. The smallest absolute Gasteiger partial charge is 0.167 e.